The van der Waals surface area contributed by atoms with E-state index < -0.39 is 0 Å². The molecule has 0 radical (unpaired) electrons. The van der Waals surface area contributed by atoms with E-state index in [1.54, 1.807) is 7.11 Å². The molecule has 0 amide bonds. The minimum Gasteiger partial charge on any atom is -0.494 e. The fourth-order valence-electron chi connectivity index (χ4n) is 1.75. The van der Waals surface area contributed by atoms with E-state index in [0.29, 0.717) is 0 Å². The average Bonchev–Trinajstić information content (AvgIpc) is 2.28. The van der Waals surface area contributed by atoms with E-state index in [1.165, 1.54) is 0 Å². The molecule has 0 unspecified atom stereocenters. The van der Waals surface area contributed by atoms with Gasteiger partial charge in [-0.25, -0.2) is 9.97 Å². The van der Waals surface area contributed by atoms with Crippen LogP contribution in [0.2, 0.25) is 5.28 Å². The van der Waals surface area contributed by atoms with Crippen LogP contribution in [0.25, 0.3) is 10.9 Å². The van der Waals surface area contributed by atoms with Crippen molar-refractivity contribution in [1.82, 2.24) is 9.97 Å². The van der Waals surface area contributed by atoms with Gasteiger partial charge < -0.3 is 4.74 Å². The van der Waals surface area contributed by atoms with Gasteiger partial charge in [0.25, 0.3) is 0 Å². The van der Waals surface area contributed by atoms with Crippen LogP contribution in [-0.2, 0) is 6.42 Å². The Bertz CT molecular complexity index is 514. The summed E-state index contributed by atoms with van der Waals surface area (Å²) in [4.78, 5) is 8.48. The van der Waals surface area contributed by atoms with Gasteiger partial charge in [-0.1, -0.05) is 25.5 Å². The lowest BCUT2D eigenvalue weighted by molar-refractivity contribution is 0.419. The molecule has 16 heavy (non-hydrogen) atoms. The molecular formula is C12H13ClN2O. The Labute approximate surface area is 99.4 Å². The Morgan fingerprint density at radius 1 is 1.31 bits per heavy atom. The maximum Gasteiger partial charge on any atom is 0.223 e. The third-order valence-corrected chi connectivity index (χ3v) is 2.62. The summed E-state index contributed by atoms with van der Waals surface area (Å²) in [5.41, 5.74) is 1.77. The van der Waals surface area contributed by atoms with E-state index in [2.05, 4.69) is 16.9 Å². The number of hydrogen-bond donors (Lipinski definition) is 0. The smallest absolute Gasteiger partial charge is 0.223 e. The Kier molecular flexibility index (Phi) is 3.25. The summed E-state index contributed by atoms with van der Waals surface area (Å²) >= 11 is 5.91. The van der Waals surface area contributed by atoms with Crippen molar-refractivity contribution >= 4 is 22.5 Å². The molecule has 0 spiro atoms. The number of benzene rings is 1. The third-order valence-electron chi connectivity index (χ3n) is 2.45. The fourth-order valence-corrected chi connectivity index (χ4v) is 1.94. The van der Waals surface area contributed by atoms with Gasteiger partial charge in [0.2, 0.25) is 5.28 Å². The van der Waals surface area contributed by atoms with Crippen molar-refractivity contribution in [1.29, 1.82) is 0 Å². The highest BCUT2D eigenvalue weighted by molar-refractivity contribution is 6.28. The summed E-state index contributed by atoms with van der Waals surface area (Å²) < 4.78 is 5.27. The van der Waals surface area contributed by atoms with E-state index >= 15 is 0 Å². The normalized spacial score (nSPS) is 10.7. The average molecular weight is 237 g/mol. The predicted molar refractivity (Wildman–Crippen MR) is 65.1 cm³/mol. The summed E-state index contributed by atoms with van der Waals surface area (Å²) in [6.07, 6.45) is 1.92. The lowest BCUT2D eigenvalue weighted by Crippen LogP contribution is -1.97. The van der Waals surface area contributed by atoms with Crippen LogP contribution in [0.1, 0.15) is 19.0 Å². The highest BCUT2D eigenvalue weighted by atomic mass is 35.5. The van der Waals surface area contributed by atoms with Gasteiger partial charge in [0, 0.05) is 5.39 Å². The van der Waals surface area contributed by atoms with Gasteiger partial charge in [-0.3, -0.25) is 0 Å². The first-order valence-corrected chi connectivity index (χ1v) is 5.63. The number of hydrogen-bond acceptors (Lipinski definition) is 3. The van der Waals surface area contributed by atoms with Crippen molar-refractivity contribution in [2.45, 2.75) is 19.8 Å². The summed E-state index contributed by atoms with van der Waals surface area (Å²) in [5.74, 6) is 0.735. The molecule has 0 aliphatic carbocycles. The quantitative estimate of drug-likeness (QED) is 0.768. The lowest BCUT2D eigenvalue weighted by Gasteiger charge is -2.08. The van der Waals surface area contributed by atoms with Crippen LogP contribution in [0.5, 0.6) is 5.75 Å². The van der Waals surface area contributed by atoms with Gasteiger partial charge in [-0.2, -0.15) is 0 Å². The zero-order valence-corrected chi connectivity index (χ0v) is 10.1. The molecule has 1 aromatic carbocycles. The second-order valence-corrected chi connectivity index (χ2v) is 3.88. The number of nitrogens with zero attached hydrogens (tertiary/aromatic N) is 2. The van der Waals surface area contributed by atoms with E-state index in [9.17, 15) is 0 Å². The number of fused-ring (bicyclic) bond motifs is 1. The van der Waals surface area contributed by atoms with Crippen LogP contribution in [0, 0.1) is 0 Å². The number of halogens is 1. The fraction of sp³-hybridized carbons (Fsp3) is 0.333. The number of para-hydroxylation sites is 1. The monoisotopic (exact) mass is 236 g/mol. The highest BCUT2D eigenvalue weighted by Crippen LogP contribution is 2.26. The number of methoxy groups -OCH3 is 1. The zero-order valence-electron chi connectivity index (χ0n) is 9.33. The summed E-state index contributed by atoms with van der Waals surface area (Å²) in [7, 11) is 1.63. The summed E-state index contributed by atoms with van der Waals surface area (Å²) in [5, 5.41) is 1.30. The summed E-state index contributed by atoms with van der Waals surface area (Å²) in [6.45, 7) is 2.11. The van der Waals surface area contributed by atoms with Crippen molar-refractivity contribution in [3.8, 4) is 5.75 Å². The van der Waals surface area contributed by atoms with Crippen LogP contribution >= 0.6 is 11.6 Å². The maximum absolute atomic E-state index is 5.91. The molecule has 1 aromatic heterocycles. The Morgan fingerprint density at radius 3 is 2.81 bits per heavy atom. The molecule has 0 atom stereocenters. The molecule has 4 heteroatoms. The molecule has 0 N–H and O–H groups in total. The second kappa shape index (κ2) is 4.66. The van der Waals surface area contributed by atoms with Crippen LogP contribution < -0.4 is 4.74 Å². The molecule has 0 saturated heterocycles. The molecule has 3 nitrogen and oxygen atoms in total. The van der Waals surface area contributed by atoms with E-state index in [4.69, 9.17) is 16.3 Å². The lowest BCUT2D eigenvalue weighted by atomic mass is 10.1. The van der Waals surface area contributed by atoms with E-state index in [-0.39, 0.29) is 5.28 Å². The molecule has 0 fully saturated rings. The molecule has 0 bridgehead atoms. The Balaban J connectivity index is 2.72. The maximum atomic E-state index is 5.91. The predicted octanol–water partition coefficient (Wildman–Crippen LogP) is 3.24. The number of rotatable bonds is 3. The van der Waals surface area contributed by atoms with Crippen molar-refractivity contribution in [2.24, 2.45) is 0 Å². The Hall–Kier alpha value is -1.35. The van der Waals surface area contributed by atoms with Crippen LogP contribution in [0.3, 0.4) is 0 Å². The molecule has 0 saturated carbocycles. The molecular weight excluding hydrogens is 224 g/mol. The van der Waals surface area contributed by atoms with E-state index in [1.807, 2.05) is 18.2 Å². The van der Waals surface area contributed by atoms with E-state index in [0.717, 1.165) is 35.2 Å². The standard InChI is InChI=1S/C12H13ClN2O/c1-3-5-9-8-6-4-7-10(16-2)11(8)15-12(13)14-9/h4,6-7H,3,5H2,1-2H3. The van der Waals surface area contributed by atoms with Gasteiger partial charge in [0.15, 0.2) is 0 Å². The summed E-state index contributed by atoms with van der Waals surface area (Å²) in [6, 6.07) is 5.82. The first-order valence-electron chi connectivity index (χ1n) is 5.25. The highest BCUT2D eigenvalue weighted by Gasteiger charge is 2.09. The minimum atomic E-state index is 0.278. The van der Waals surface area contributed by atoms with Gasteiger partial charge in [0.1, 0.15) is 11.3 Å². The van der Waals surface area contributed by atoms with Gasteiger partial charge in [-0.15, -0.1) is 0 Å². The zero-order chi connectivity index (χ0) is 11.5. The number of aryl methyl sites for hydroxylation is 1. The van der Waals surface area contributed by atoms with Gasteiger partial charge in [0.05, 0.1) is 12.8 Å². The first kappa shape index (κ1) is 11.1. The molecule has 2 rings (SSSR count). The van der Waals surface area contributed by atoms with Crippen molar-refractivity contribution in [3.05, 3.63) is 29.2 Å². The first-order chi connectivity index (χ1) is 7.76. The molecule has 2 aromatic rings. The number of ether oxygens (including phenoxy) is 1. The topological polar surface area (TPSA) is 35.0 Å². The van der Waals surface area contributed by atoms with Gasteiger partial charge in [-0.05, 0) is 24.1 Å². The Morgan fingerprint density at radius 2 is 2.12 bits per heavy atom. The second-order valence-electron chi connectivity index (χ2n) is 3.55. The number of aromatic nitrogens is 2. The van der Waals surface area contributed by atoms with Crippen LogP contribution in [0.4, 0.5) is 0 Å². The molecule has 1 heterocycles. The van der Waals surface area contributed by atoms with Crippen molar-refractivity contribution in [2.75, 3.05) is 7.11 Å². The largest absolute Gasteiger partial charge is 0.494 e. The molecule has 84 valence electrons. The van der Waals surface area contributed by atoms with Crippen molar-refractivity contribution in [3.63, 3.8) is 0 Å². The SMILES string of the molecule is CCCc1nc(Cl)nc2c(OC)cccc12. The third kappa shape index (κ3) is 1.95. The molecule has 0 aliphatic heterocycles. The van der Waals surface area contributed by atoms with Crippen LogP contribution in [0.15, 0.2) is 18.2 Å². The molecule has 0 aliphatic rings. The van der Waals surface area contributed by atoms with Crippen LogP contribution in [-0.4, -0.2) is 17.1 Å². The minimum absolute atomic E-state index is 0.278. The van der Waals surface area contributed by atoms with Crippen molar-refractivity contribution < 1.29 is 4.74 Å². The van der Waals surface area contributed by atoms with Gasteiger partial charge >= 0.3 is 0 Å².